The molecule has 1 aromatic rings. The third kappa shape index (κ3) is 1.84. The summed E-state index contributed by atoms with van der Waals surface area (Å²) in [5.41, 5.74) is 3.25. The highest BCUT2D eigenvalue weighted by Crippen LogP contribution is 2.50. The van der Waals surface area contributed by atoms with E-state index >= 15 is 0 Å². The third-order valence-corrected chi connectivity index (χ3v) is 4.69. The van der Waals surface area contributed by atoms with Gasteiger partial charge in [-0.2, -0.15) is 5.26 Å². The molecule has 1 nitrogen and oxygen atoms in total. The Kier molecular flexibility index (Phi) is 3.10. The summed E-state index contributed by atoms with van der Waals surface area (Å²) in [5.74, 6) is 0.767. The van der Waals surface area contributed by atoms with Crippen LogP contribution in [0.2, 0.25) is 0 Å². The van der Waals surface area contributed by atoms with Crippen LogP contribution < -0.4 is 0 Å². The third-order valence-electron chi connectivity index (χ3n) is 4.69. The molecule has 2 bridgehead atoms. The highest BCUT2D eigenvalue weighted by atomic mass is 14.5. The van der Waals surface area contributed by atoms with Gasteiger partial charge in [0.2, 0.25) is 0 Å². The fraction of sp³-hybridized carbons (Fsp3) is 0.316. The van der Waals surface area contributed by atoms with E-state index in [1.807, 2.05) is 18.2 Å². The van der Waals surface area contributed by atoms with E-state index in [1.54, 1.807) is 0 Å². The lowest BCUT2D eigenvalue weighted by molar-refractivity contribution is 0.337. The summed E-state index contributed by atoms with van der Waals surface area (Å²) in [4.78, 5) is 0. The van der Waals surface area contributed by atoms with Crippen molar-refractivity contribution >= 4 is 0 Å². The van der Waals surface area contributed by atoms with Gasteiger partial charge >= 0.3 is 0 Å². The van der Waals surface area contributed by atoms with Gasteiger partial charge in [0.15, 0.2) is 0 Å². The van der Waals surface area contributed by atoms with Crippen molar-refractivity contribution in [2.45, 2.75) is 31.1 Å². The number of fused-ring (bicyclic) bond motifs is 6. The van der Waals surface area contributed by atoms with Gasteiger partial charge in [-0.05, 0) is 35.5 Å². The molecule has 100 valence electrons. The first kappa shape index (κ1) is 12.9. The maximum absolute atomic E-state index is 9.85. The van der Waals surface area contributed by atoms with E-state index in [9.17, 15) is 5.26 Å². The van der Waals surface area contributed by atoms with Crippen LogP contribution in [-0.2, 0) is 5.41 Å². The molecule has 0 spiro atoms. The SMILES string of the molecule is C=C1/C=C\C=C/CC2(C#N)CC(C)C1c1ccccc12. The molecule has 0 fully saturated rings. The van der Waals surface area contributed by atoms with E-state index in [0.29, 0.717) is 11.8 Å². The van der Waals surface area contributed by atoms with Crippen LogP contribution in [-0.4, -0.2) is 0 Å². The van der Waals surface area contributed by atoms with Crippen molar-refractivity contribution in [3.05, 3.63) is 71.8 Å². The summed E-state index contributed by atoms with van der Waals surface area (Å²) in [6.07, 6.45) is 10.00. The summed E-state index contributed by atoms with van der Waals surface area (Å²) in [6.45, 7) is 6.51. The zero-order chi connectivity index (χ0) is 14.2. The van der Waals surface area contributed by atoms with Gasteiger partial charge in [0, 0.05) is 5.92 Å². The Bertz CT molecular complexity index is 644. The van der Waals surface area contributed by atoms with Gasteiger partial charge in [-0.1, -0.05) is 62.1 Å². The largest absolute Gasteiger partial charge is 0.197 e. The Morgan fingerprint density at radius 2 is 2.10 bits per heavy atom. The zero-order valence-corrected chi connectivity index (χ0v) is 11.8. The van der Waals surface area contributed by atoms with Crippen molar-refractivity contribution in [1.82, 2.24) is 0 Å². The van der Waals surface area contributed by atoms with E-state index in [2.05, 4.69) is 49.9 Å². The Hall–Kier alpha value is -2.07. The van der Waals surface area contributed by atoms with E-state index < -0.39 is 0 Å². The summed E-state index contributed by atoms with van der Waals surface area (Å²) < 4.78 is 0. The lowest BCUT2D eigenvalue weighted by Gasteiger charge is -2.41. The molecule has 3 rings (SSSR count). The predicted molar refractivity (Wildman–Crippen MR) is 82.3 cm³/mol. The number of rotatable bonds is 0. The second-order valence-electron chi connectivity index (χ2n) is 6.01. The van der Waals surface area contributed by atoms with Crippen LogP contribution >= 0.6 is 0 Å². The predicted octanol–water partition coefficient (Wildman–Crippen LogP) is 4.64. The summed E-state index contributed by atoms with van der Waals surface area (Å²) in [7, 11) is 0. The maximum Gasteiger partial charge on any atom is 0.0862 e. The zero-order valence-electron chi connectivity index (χ0n) is 11.8. The molecule has 2 aliphatic rings. The molecule has 2 aliphatic carbocycles. The molecular weight excluding hydrogens is 242 g/mol. The van der Waals surface area contributed by atoms with Crippen molar-refractivity contribution in [3.63, 3.8) is 0 Å². The van der Waals surface area contributed by atoms with Crippen molar-refractivity contribution in [1.29, 1.82) is 5.26 Å². The van der Waals surface area contributed by atoms with Crippen molar-refractivity contribution in [2.24, 2.45) is 5.92 Å². The molecule has 0 heterocycles. The second kappa shape index (κ2) is 4.80. The number of nitrogens with zero attached hydrogens (tertiary/aromatic N) is 1. The van der Waals surface area contributed by atoms with Gasteiger partial charge in [-0.15, -0.1) is 0 Å². The Morgan fingerprint density at radius 3 is 2.90 bits per heavy atom. The van der Waals surface area contributed by atoms with Gasteiger partial charge in [0.05, 0.1) is 11.5 Å². The Balaban J connectivity index is 2.29. The minimum Gasteiger partial charge on any atom is -0.197 e. The molecular formula is C19H19N. The maximum atomic E-state index is 9.85. The molecule has 0 saturated heterocycles. The summed E-state index contributed by atoms with van der Waals surface area (Å²) >= 11 is 0. The van der Waals surface area contributed by atoms with Crippen LogP contribution in [0.25, 0.3) is 0 Å². The van der Waals surface area contributed by atoms with Crippen molar-refractivity contribution < 1.29 is 0 Å². The van der Waals surface area contributed by atoms with Crippen molar-refractivity contribution in [3.8, 4) is 6.07 Å². The monoisotopic (exact) mass is 261 g/mol. The first-order chi connectivity index (χ1) is 9.68. The van der Waals surface area contributed by atoms with E-state index in [0.717, 1.165) is 18.4 Å². The number of allylic oxidation sites excluding steroid dienone is 5. The summed E-state index contributed by atoms with van der Waals surface area (Å²) in [6, 6.07) is 11.0. The standard InChI is InChI=1S/C19H19N/c1-14-8-4-3-7-11-19(13-20)12-15(2)18(14)16-9-5-6-10-17(16)19/h3-10,15,18H,1,11-12H2,2H3/b7-3-,8-4-. The fourth-order valence-electron chi connectivity index (χ4n) is 3.83. The normalized spacial score (nSPS) is 34.9. The number of nitriles is 1. The molecule has 0 N–H and O–H groups in total. The molecule has 0 aliphatic heterocycles. The Labute approximate surface area is 120 Å². The minimum absolute atomic E-state index is 0.329. The van der Waals surface area contributed by atoms with Crippen LogP contribution in [0, 0.1) is 17.2 Å². The highest BCUT2D eigenvalue weighted by Gasteiger charge is 2.43. The second-order valence-corrected chi connectivity index (χ2v) is 6.01. The molecule has 0 aromatic heterocycles. The minimum atomic E-state index is -0.380. The molecule has 0 saturated carbocycles. The molecule has 3 atom stereocenters. The first-order valence-electron chi connectivity index (χ1n) is 7.20. The van der Waals surface area contributed by atoms with Crippen LogP contribution in [0.15, 0.2) is 60.7 Å². The van der Waals surface area contributed by atoms with Gasteiger partial charge < -0.3 is 0 Å². The highest BCUT2D eigenvalue weighted by molar-refractivity contribution is 5.50. The molecule has 0 amide bonds. The molecule has 1 heteroatoms. The number of hydrogen-bond acceptors (Lipinski definition) is 1. The number of benzene rings is 1. The van der Waals surface area contributed by atoms with E-state index in [-0.39, 0.29) is 5.41 Å². The quantitative estimate of drug-likeness (QED) is 0.667. The van der Waals surface area contributed by atoms with Crippen LogP contribution in [0.1, 0.15) is 36.8 Å². The fourth-order valence-corrected chi connectivity index (χ4v) is 3.83. The lowest BCUT2D eigenvalue weighted by atomic mass is 9.60. The van der Waals surface area contributed by atoms with Crippen LogP contribution in [0.3, 0.4) is 0 Å². The van der Waals surface area contributed by atoms with Gasteiger partial charge in [-0.3, -0.25) is 0 Å². The molecule has 3 unspecified atom stereocenters. The Morgan fingerprint density at radius 1 is 1.30 bits per heavy atom. The average molecular weight is 261 g/mol. The topological polar surface area (TPSA) is 23.8 Å². The molecule has 1 aromatic carbocycles. The van der Waals surface area contributed by atoms with Crippen molar-refractivity contribution in [2.75, 3.05) is 0 Å². The molecule has 20 heavy (non-hydrogen) atoms. The number of hydrogen-bond donors (Lipinski definition) is 0. The average Bonchev–Trinajstić information content (AvgIpc) is 2.46. The summed E-state index contributed by atoms with van der Waals surface area (Å²) in [5, 5.41) is 9.85. The van der Waals surface area contributed by atoms with Gasteiger partial charge in [0.1, 0.15) is 0 Å². The van der Waals surface area contributed by atoms with Crippen LogP contribution in [0.4, 0.5) is 0 Å². The van der Waals surface area contributed by atoms with Crippen LogP contribution in [0.5, 0.6) is 0 Å². The van der Waals surface area contributed by atoms with E-state index in [4.69, 9.17) is 0 Å². The lowest BCUT2D eigenvalue weighted by Crippen LogP contribution is -2.35. The first-order valence-corrected chi connectivity index (χ1v) is 7.20. The molecule has 0 radical (unpaired) electrons. The van der Waals surface area contributed by atoms with E-state index in [1.165, 1.54) is 11.1 Å². The smallest absolute Gasteiger partial charge is 0.0862 e. The van der Waals surface area contributed by atoms with Gasteiger partial charge in [-0.25, -0.2) is 0 Å². The van der Waals surface area contributed by atoms with Gasteiger partial charge in [0.25, 0.3) is 0 Å².